The topological polar surface area (TPSA) is 68.0 Å². The van der Waals surface area contributed by atoms with Crippen LogP contribution in [0, 0.1) is 0 Å². The number of aromatic carboxylic acids is 1. The lowest BCUT2D eigenvalue weighted by Crippen LogP contribution is -2.06. The number of halogens is 1. The molecule has 0 aromatic carbocycles. The van der Waals surface area contributed by atoms with Crippen LogP contribution in [0.4, 0.5) is 0 Å². The first-order valence-corrected chi connectivity index (χ1v) is 3.20. The van der Waals surface area contributed by atoms with Gasteiger partial charge in [0.05, 0.1) is 0 Å². The predicted octanol–water partition coefficient (Wildman–Crippen LogP) is 0.276. The van der Waals surface area contributed by atoms with Crippen LogP contribution in [-0.2, 0) is 7.05 Å². The summed E-state index contributed by atoms with van der Waals surface area (Å²) in [7, 11) is 1.52. The maximum Gasteiger partial charge on any atom is 0.373 e. The summed E-state index contributed by atoms with van der Waals surface area (Å²) in [5.74, 6) is -1.16. The van der Waals surface area contributed by atoms with Crippen molar-refractivity contribution in [2.45, 2.75) is 0 Å². The van der Waals surface area contributed by atoms with Crippen LogP contribution in [0.3, 0.4) is 0 Å². The van der Waals surface area contributed by atoms with Gasteiger partial charge in [0.2, 0.25) is 10.6 Å². The smallest absolute Gasteiger partial charge is 0.373 e. The molecule has 0 aliphatic heterocycles. The monoisotopic (exact) mass is 205 g/mol. The van der Waals surface area contributed by atoms with Gasteiger partial charge in [0, 0.05) is 7.05 Å². The highest BCUT2D eigenvalue weighted by Crippen LogP contribution is 2.02. The number of nitrogens with zero attached hydrogens (tertiary/aromatic N) is 3. The molecule has 0 spiro atoms. The first-order valence-electron chi connectivity index (χ1n) is 2.41. The standard InChI is InChI=1S/C4H4BrN3O2/c1-8-2(3(9)10)6-4(5)7-8/h1H3,(H,9,10). The summed E-state index contributed by atoms with van der Waals surface area (Å²) in [6, 6.07) is 0. The van der Waals surface area contributed by atoms with Crippen molar-refractivity contribution in [1.82, 2.24) is 14.8 Å². The number of carbonyl (C=O) groups is 1. The Morgan fingerprint density at radius 2 is 2.40 bits per heavy atom. The molecule has 1 aromatic heterocycles. The van der Waals surface area contributed by atoms with Gasteiger partial charge in [-0.3, -0.25) is 0 Å². The van der Waals surface area contributed by atoms with E-state index in [-0.39, 0.29) is 10.6 Å². The molecule has 1 heterocycles. The minimum Gasteiger partial charge on any atom is -0.475 e. The van der Waals surface area contributed by atoms with Crippen molar-refractivity contribution < 1.29 is 9.90 Å². The Hall–Kier alpha value is -0.910. The second-order valence-corrected chi connectivity index (χ2v) is 2.34. The third kappa shape index (κ3) is 1.15. The largest absolute Gasteiger partial charge is 0.475 e. The van der Waals surface area contributed by atoms with E-state index in [2.05, 4.69) is 26.0 Å². The number of aromatic nitrogens is 3. The Morgan fingerprint density at radius 3 is 2.60 bits per heavy atom. The number of rotatable bonds is 1. The molecule has 0 atom stereocenters. The van der Waals surface area contributed by atoms with E-state index < -0.39 is 5.97 Å². The normalized spacial score (nSPS) is 9.80. The van der Waals surface area contributed by atoms with Crippen LogP contribution < -0.4 is 0 Å². The first kappa shape index (κ1) is 7.20. The molecule has 0 fully saturated rings. The fraction of sp³-hybridized carbons (Fsp3) is 0.250. The number of hydrogen-bond donors (Lipinski definition) is 1. The Kier molecular flexibility index (Phi) is 1.71. The van der Waals surface area contributed by atoms with Crippen LogP contribution >= 0.6 is 15.9 Å². The van der Waals surface area contributed by atoms with Crippen LogP contribution in [0.1, 0.15) is 10.6 Å². The van der Waals surface area contributed by atoms with Crippen LogP contribution in [-0.4, -0.2) is 25.8 Å². The summed E-state index contributed by atoms with van der Waals surface area (Å²) in [5, 5.41) is 12.1. The number of carboxylic acid groups (broad SMARTS) is 1. The van der Waals surface area contributed by atoms with Gasteiger partial charge in [0.25, 0.3) is 0 Å². The lowest BCUT2D eigenvalue weighted by atomic mass is 10.6. The van der Waals surface area contributed by atoms with E-state index in [0.29, 0.717) is 0 Å². The quantitative estimate of drug-likeness (QED) is 0.716. The molecule has 1 aromatic rings. The van der Waals surface area contributed by atoms with Crippen molar-refractivity contribution >= 4 is 21.9 Å². The number of carboxylic acids is 1. The summed E-state index contributed by atoms with van der Waals surface area (Å²) in [6.45, 7) is 0. The van der Waals surface area contributed by atoms with Crippen molar-refractivity contribution in [3.05, 3.63) is 10.6 Å². The van der Waals surface area contributed by atoms with Gasteiger partial charge in [0.15, 0.2) is 0 Å². The minimum atomic E-state index is -1.08. The SMILES string of the molecule is Cn1nc(Br)nc1C(=O)O. The molecule has 6 heteroatoms. The summed E-state index contributed by atoms with van der Waals surface area (Å²) in [5.41, 5.74) is 0. The zero-order valence-electron chi connectivity index (χ0n) is 5.08. The Morgan fingerprint density at radius 1 is 1.80 bits per heavy atom. The Labute approximate surface area is 64.8 Å². The molecule has 1 rings (SSSR count). The van der Waals surface area contributed by atoms with Gasteiger partial charge in [-0.2, -0.15) is 4.98 Å². The molecule has 0 radical (unpaired) electrons. The van der Waals surface area contributed by atoms with Crippen LogP contribution in [0.25, 0.3) is 0 Å². The highest BCUT2D eigenvalue weighted by Gasteiger charge is 2.11. The molecule has 0 bridgehead atoms. The van der Waals surface area contributed by atoms with E-state index in [9.17, 15) is 4.79 Å². The van der Waals surface area contributed by atoms with Crippen molar-refractivity contribution in [1.29, 1.82) is 0 Å². The van der Waals surface area contributed by atoms with Crippen LogP contribution in [0.5, 0.6) is 0 Å². The summed E-state index contributed by atoms with van der Waals surface area (Å²) in [6.07, 6.45) is 0. The minimum absolute atomic E-state index is 0.0770. The van der Waals surface area contributed by atoms with Crippen LogP contribution in [0.2, 0.25) is 0 Å². The van der Waals surface area contributed by atoms with E-state index in [1.807, 2.05) is 0 Å². The molecule has 0 aliphatic rings. The molecule has 1 N–H and O–H groups in total. The zero-order valence-corrected chi connectivity index (χ0v) is 6.66. The predicted molar refractivity (Wildman–Crippen MR) is 35.7 cm³/mol. The first-order chi connectivity index (χ1) is 4.61. The molecule has 10 heavy (non-hydrogen) atoms. The lowest BCUT2D eigenvalue weighted by molar-refractivity contribution is 0.0678. The molecule has 5 nitrogen and oxygen atoms in total. The van der Waals surface area contributed by atoms with E-state index in [1.165, 1.54) is 11.7 Å². The molecule has 0 amide bonds. The van der Waals surface area contributed by atoms with Gasteiger partial charge in [-0.25, -0.2) is 9.48 Å². The average molecular weight is 206 g/mol. The van der Waals surface area contributed by atoms with Gasteiger partial charge in [-0.15, -0.1) is 5.10 Å². The third-order valence-electron chi connectivity index (χ3n) is 0.928. The van der Waals surface area contributed by atoms with Crippen LogP contribution in [0.15, 0.2) is 4.73 Å². The molecule has 0 unspecified atom stereocenters. The van der Waals surface area contributed by atoms with E-state index in [1.54, 1.807) is 0 Å². The molecule has 0 aliphatic carbocycles. The number of hydrogen-bond acceptors (Lipinski definition) is 3. The lowest BCUT2D eigenvalue weighted by Gasteiger charge is -1.88. The van der Waals surface area contributed by atoms with E-state index in [4.69, 9.17) is 5.11 Å². The zero-order chi connectivity index (χ0) is 7.72. The second kappa shape index (κ2) is 2.37. The fourth-order valence-electron chi connectivity index (χ4n) is 0.539. The molecule has 0 saturated carbocycles. The number of aryl methyl sites for hydroxylation is 1. The van der Waals surface area contributed by atoms with Gasteiger partial charge < -0.3 is 5.11 Å². The van der Waals surface area contributed by atoms with Crippen molar-refractivity contribution in [3.8, 4) is 0 Å². The van der Waals surface area contributed by atoms with Gasteiger partial charge >= 0.3 is 5.97 Å². The molecule has 54 valence electrons. The molecular formula is C4H4BrN3O2. The van der Waals surface area contributed by atoms with Gasteiger partial charge in [-0.05, 0) is 15.9 Å². The summed E-state index contributed by atoms with van der Waals surface area (Å²) < 4.78 is 1.47. The van der Waals surface area contributed by atoms with E-state index in [0.717, 1.165) is 0 Å². The van der Waals surface area contributed by atoms with Crippen molar-refractivity contribution in [2.75, 3.05) is 0 Å². The summed E-state index contributed by atoms with van der Waals surface area (Å²) >= 11 is 2.94. The highest BCUT2D eigenvalue weighted by atomic mass is 79.9. The average Bonchev–Trinajstić information content (AvgIpc) is 2.10. The Bertz CT molecular complexity index is 269. The van der Waals surface area contributed by atoms with Crippen molar-refractivity contribution in [2.24, 2.45) is 7.05 Å². The third-order valence-corrected chi connectivity index (χ3v) is 1.26. The maximum atomic E-state index is 10.3. The van der Waals surface area contributed by atoms with Gasteiger partial charge in [0.1, 0.15) is 0 Å². The Balaban J connectivity index is 3.15. The molecule has 0 saturated heterocycles. The maximum absolute atomic E-state index is 10.3. The second-order valence-electron chi connectivity index (χ2n) is 1.63. The fourth-order valence-corrected chi connectivity index (χ4v) is 0.945. The summed E-state index contributed by atoms with van der Waals surface area (Å²) in [4.78, 5) is 13.9. The van der Waals surface area contributed by atoms with E-state index >= 15 is 0 Å². The van der Waals surface area contributed by atoms with Gasteiger partial charge in [-0.1, -0.05) is 0 Å². The highest BCUT2D eigenvalue weighted by molar-refractivity contribution is 9.10. The molecular weight excluding hydrogens is 202 g/mol. The van der Waals surface area contributed by atoms with Crippen molar-refractivity contribution in [3.63, 3.8) is 0 Å².